The van der Waals surface area contributed by atoms with Gasteiger partial charge in [0.2, 0.25) is 0 Å². The van der Waals surface area contributed by atoms with Crippen molar-refractivity contribution in [3.63, 3.8) is 0 Å². The molecule has 0 aliphatic rings. The van der Waals surface area contributed by atoms with Crippen LogP contribution in [0.1, 0.15) is 32.8 Å². The minimum atomic E-state index is -4.67. The summed E-state index contributed by atoms with van der Waals surface area (Å²) in [6, 6.07) is 5.89. The van der Waals surface area contributed by atoms with Gasteiger partial charge in [0, 0.05) is 19.2 Å². The van der Waals surface area contributed by atoms with Crippen LogP contribution in [0.25, 0.3) is 0 Å². The van der Waals surface area contributed by atoms with Crippen molar-refractivity contribution in [2.45, 2.75) is 46.1 Å². The van der Waals surface area contributed by atoms with Crippen molar-refractivity contribution in [2.75, 3.05) is 6.61 Å². The number of nitrogens with one attached hydrogen (secondary N) is 1. The first kappa shape index (κ1) is 17.8. The summed E-state index contributed by atoms with van der Waals surface area (Å²) in [6.45, 7) is 6.82. The molecule has 1 rings (SSSR count). The van der Waals surface area contributed by atoms with Gasteiger partial charge in [0.1, 0.15) is 5.75 Å². The highest BCUT2D eigenvalue weighted by molar-refractivity contribution is 5.27. The molecule has 0 saturated heterocycles. The lowest BCUT2D eigenvalue weighted by molar-refractivity contribution is -0.274. The molecule has 2 N–H and O–H groups in total. The average Bonchev–Trinajstić information content (AvgIpc) is 2.33. The second kappa shape index (κ2) is 7.13. The zero-order valence-electron chi connectivity index (χ0n) is 12.5. The predicted molar refractivity (Wildman–Crippen MR) is 74.9 cm³/mol. The van der Waals surface area contributed by atoms with Crippen LogP contribution >= 0.6 is 0 Å². The summed E-state index contributed by atoms with van der Waals surface area (Å²) in [5.41, 5.74) is 0.846. The molecule has 0 aromatic heterocycles. The molecule has 0 aliphatic carbocycles. The SMILES string of the molecule is CC(C)(C)C(CCO)NCc1ccc(OC(F)(F)F)cc1. The molecule has 1 unspecified atom stereocenters. The summed E-state index contributed by atoms with van der Waals surface area (Å²) in [4.78, 5) is 0. The number of rotatable bonds is 6. The summed E-state index contributed by atoms with van der Waals surface area (Å²) >= 11 is 0. The van der Waals surface area contributed by atoms with E-state index in [4.69, 9.17) is 5.11 Å². The van der Waals surface area contributed by atoms with E-state index in [0.717, 1.165) is 5.56 Å². The first-order valence-corrected chi connectivity index (χ1v) is 6.81. The fourth-order valence-corrected chi connectivity index (χ4v) is 2.02. The lowest BCUT2D eigenvalue weighted by atomic mass is 9.85. The Kier molecular flexibility index (Phi) is 6.04. The molecule has 0 amide bonds. The quantitative estimate of drug-likeness (QED) is 0.845. The molecule has 0 bridgehead atoms. The summed E-state index contributed by atoms with van der Waals surface area (Å²) in [6.07, 6.45) is -4.04. The van der Waals surface area contributed by atoms with Crippen LogP contribution in [0, 0.1) is 5.41 Å². The number of aliphatic hydroxyl groups is 1. The van der Waals surface area contributed by atoms with Crippen molar-refractivity contribution in [1.29, 1.82) is 0 Å². The van der Waals surface area contributed by atoms with Gasteiger partial charge >= 0.3 is 6.36 Å². The minimum absolute atomic E-state index is 0.0118. The van der Waals surface area contributed by atoms with Gasteiger partial charge < -0.3 is 15.2 Å². The molecule has 0 heterocycles. The molecule has 120 valence electrons. The van der Waals surface area contributed by atoms with Crippen molar-refractivity contribution in [1.82, 2.24) is 5.32 Å². The van der Waals surface area contributed by atoms with Gasteiger partial charge in [-0.15, -0.1) is 13.2 Å². The van der Waals surface area contributed by atoms with Crippen LogP contribution in [-0.2, 0) is 6.54 Å². The molecule has 1 aromatic rings. The first-order valence-electron chi connectivity index (χ1n) is 6.81. The second-order valence-electron chi connectivity index (χ2n) is 6.00. The molecule has 21 heavy (non-hydrogen) atoms. The van der Waals surface area contributed by atoms with Crippen molar-refractivity contribution >= 4 is 0 Å². The third-order valence-electron chi connectivity index (χ3n) is 3.17. The van der Waals surface area contributed by atoms with E-state index in [0.29, 0.717) is 13.0 Å². The Hall–Kier alpha value is -1.27. The molecule has 0 aliphatic heterocycles. The van der Waals surface area contributed by atoms with Crippen LogP contribution in [0.2, 0.25) is 0 Å². The van der Waals surface area contributed by atoms with Gasteiger partial charge in [-0.05, 0) is 29.5 Å². The van der Waals surface area contributed by atoms with Crippen LogP contribution in [-0.4, -0.2) is 24.1 Å². The molecule has 0 fully saturated rings. The highest BCUT2D eigenvalue weighted by atomic mass is 19.4. The highest BCUT2D eigenvalue weighted by Crippen LogP contribution is 2.24. The Morgan fingerprint density at radius 2 is 1.71 bits per heavy atom. The minimum Gasteiger partial charge on any atom is -0.406 e. The van der Waals surface area contributed by atoms with Crippen molar-refractivity contribution in [2.24, 2.45) is 5.41 Å². The summed E-state index contributed by atoms with van der Waals surface area (Å²) in [5.74, 6) is -0.228. The number of aliphatic hydroxyl groups excluding tert-OH is 1. The Labute approximate surface area is 123 Å². The van der Waals surface area contributed by atoms with Gasteiger partial charge in [-0.2, -0.15) is 0 Å². The zero-order chi connectivity index (χ0) is 16.1. The number of ether oxygens (including phenoxy) is 1. The number of hydrogen-bond donors (Lipinski definition) is 2. The molecular weight excluding hydrogens is 283 g/mol. The fourth-order valence-electron chi connectivity index (χ4n) is 2.02. The maximum atomic E-state index is 12.1. The van der Waals surface area contributed by atoms with E-state index in [9.17, 15) is 13.2 Å². The molecular formula is C15H22F3NO2. The Balaban J connectivity index is 2.59. The number of hydrogen-bond acceptors (Lipinski definition) is 3. The van der Waals surface area contributed by atoms with Crippen LogP contribution in [0.5, 0.6) is 5.75 Å². The van der Waals surface area contributed by atoms with E-state index in [1.54, 1.807) is 12.1 Å². The predicted octanol–water partition coefficient (Wildman–Crippen LogP) is 3.47. The average molecular weight is 305 g/mol. The largest absolute Gasteiger partial charge is 0.573 e. The molecule has 3 nitrogen and oxygen atoms in total. The summed E-state index contributed by atoms with van der Waals surface area (Å²) in [5, 5.41) is 12.4. The Morgan fingerprint density at radius 3 is 2.14 bits per heavy atom. The molecule has 1 atom stereocenters. The Bertz CT molecular complexity index is 424. The lowest BCUT2D eigenvalue weighted by Crippen LogP contribution is -2.40. The van der Waals surface area contributed by atoms with Gasteiger partial charge in [-0.25, -0.2) is 0 Å². The van der Waals surface area contributed by atoms with E-state index < -0.39 is 6.36 Å². The molecule has 0 saturated carbocycles. The zero-order valence-corrected chi connectivity index (χ0v) is 12.5. The van der Waals surface area contributed by atoms with Crippen LogP contribution < -0.4 is 10.1 Å². The van der Waals surface area contributed by atoms with E-state index in [-0.39, 0.29) is 23.8 Å². The standard InChI is InChI=1S/C15H22F3NO2/c1-14(2,3)13(8-9-20)19-10-11-4-6-12(7-5-11)21-15(16,17)18/h4-7,13,19-20H,8-10H2,1-3H3. The monoisotopic (exact) mass is 305 g/mol. The van der Waals surface area contributed by atoms with Gasteiger partial charge in [-0.1, -0.05) is 32.9 Å². The number of halogens is 3. The first-order chi connectivity index (χ1) is 9.62. The third kappa shape index (κ3) is 6.82. The normalized spacial score (nSPS) is 14.0. The van der Waals surface area contributed by atoms with E-state index in [1.165, 1.54) is 12.1 Å². The fraction of sp³-hybridized carbons (Fsp3) is 0.600. The third-order valence-corrected chi connectivity index (χ3v) is 3.17. The van der Waals surface area contributed by atoms with E-state index in [2.05, 4.69) is 30.8 Å². The van der Waals surface area contributed by atoms with Crippen LogP contribution in [0.15, 0.2) is 24.3 Å². The van der Waals surface area contributed by atoms with Crippen LogP contribution in [0.3, 0.4) is 0 Å². The molecule has 6 heteroatoms. The van der Waals surface area contributed by atoms with Gasteiger partial charge in [0.05, 0.1) is 0 Å². The summed E-state index contributed by atoms with van der Waals surface area (Å²) in [7, 11) is 0. The Morgan fingerprint density at radius 1 is 1.14 bits per heavy atom. The van der Waals surface area contributed by atoms with Crippen molar-refractivity contribution in [3.8, 4) is 5.75 Å². The smallest absolute Gasteiger partial charge is 0.406 e. The van der Waals surface area contributed by atoms with Gasteiger partial charge in [0.25, 0.3) is 0 Å². The number of alkyl halides is 3. The van der Waals surface area contributed by atoms with Crippen LogP contribution in [0.4, 0.5) is 13.2 Å². The maximum absolute atomic E-state index is 12.1. The van der Waals surface area contributed by atoms with Gasteiger partial charge in [-0.3, -0.25) is 0 Å². The maximum Gasteiger partial charge on any atom is 0.573 e. The highest BCUT2D eigenvalue weighted by Gasteiger charge is 2.31. The van der Waals surface area contributed by atoms with Crippen molar-refractivity contribution in [3.05, 3.63) is 29.8 Å². The molecule has 0 radical (unpaired) electrons. The molecule has 1 aromatic carbocycles. The lowest BCUT2D eigenvalue weighted by Gasteiger charge is -2.31. The van der Waals surface area contributed by atoms with E-state index >= 15 is 0 Å². The summed E-state index contributed by atoms with van der Waals surface area (Å²) < 4.78 is 40.0. The second-order valence-corrected chi connectivity index (χ2v) is 6.00. The number of benzene rings is 1. The topological polar surface area (TPSA) is 41.5 Å². The van der Waals surface area contributed by atoms with Gasteiger partial charge in [0.15, 0.2) is 0 Å². The van der Waals surface area contributed by atoms with E-state index in [1.807, 2.05) is 0 Å². The van der Waals surface area contributed by atoms with Crippen molar-refractivity contribution < 1.29 is 23.0 Å². The molecule has 0 spiro atoms.